The topological polar surface area (TPSA) is 102 Å². The molecule has 3 heterocycles. The van der Waals surface area contributed by atoms with E-state index in [9.17, 15) is 14.0 Å². The Morgan fingerprint density at radius 3 is 2.63 bits per heavy atom. The molecule has 1 aliphatic heterocycles. The molecule has 1 N–H and O–H groups in total. The van der Waals surface area contributed by atoms with Crippen LogP contribution in [0.25, 0.3) is 17.0 Å². The monoisotopic (exact) mass is 494 g/mol. The van der Waals surface area contributed by atoms with Crippen LogP contribution in [-0.4, -0.2) is 51.3 Å². The number of nitrogens with one attached hydrogen (secondary N) is 1. The number of fused-ring (bicyclic) bond motifs is 1. The second-order valence-electron chi connectivity index (χ2n) is 7.99. The van der Waals surface area contributed by atoms with E-state index >= 15 is 0 Å². The zero-order valence-corrected chi connectivity index (χ0v) is 19.2. The summed E-state index contributed by atoms with van der Waals surface area (Å²) in [5.74, 6) is -0.328. The smallest absolute Gasteiger partial charge is 0.231 e. The number of aromatic nitrogens is 4. The zero-order valence-electron chi connectivity index (χ0n) is 18.4. The predicted octanol–water partition coefficient (Wildman–Crippen LogP) is 3.13. The maximum absolute atomic E-state index is 13.2. The molecule has 5 rings (SSSR count). The van der Waals surface area contributed by atoms with Crippen LogP contribution < -0.4 is 15.0 Å². The number of amides is 2. The largest absolute Gasteiger partial charge is 0.475 e. The van der Waals surface area contributed by atoms with E-state index in [-0.39, 0.29) is 37.2 Å². The molecule has 9 nitrogen and oxygen atoms in total. The van der Waals surface area contributed by atoms with Gasteiger partial charge in [-0.2, -0.15) is 4.52 Å². The highest BCUT2D eigenvalue weighted by Crippen LogP contribution is 2.26. The van der Waals surface area contributed by atoms with Crippen molar-refractivity contribution in [3.63, 3.8) is 0 Å². The minimum Gasteiger partial charge on any atom is -0.475 e. The first-order chi connectivity index (χ1) is 17.0. The lowest BCUT2D eigenvalue weighted by atomic mass is 10.1. The van der Waals surface area contributed by atoms with Crippen LogP contribution in [0.5, 0.6) is 5.88 Å². The fourth-order valence-corrected chi connectivity index (χ4v) is 3.98. The molecule has 0 radical (unpaired) electrons. The van der Waals surface area contributed by atoms with Gasteiger partial charge in [-0.25, -0.2) is 4.39 Å². The molecular weight excluding hydrogens is 475 g/mol. The van der Waals surface area contributed by atoms with Gasteiger partial charge in [-0.05, 0) is 54.6 Å². The zero-order chi connectivity index (χ0) is 24.4. The quantitative estimate of drug-likeness (QED) is 0.396. The molecule has 1 atom stereocenters. The molecule has 4 aromatic rings. The van der Waals surface area contributed by atoms with Crippen molar-refractivity contribution in [1.29, 1.82) is 0 Å². The highest BCUT2D eigenvalue weighted by atomic mass is 35.5. The van der Waals surface area contributed by atoms with Crippen molar-refractivity contribution in [2.75, 3.05) is 24.6 Å². The number of hydrogen-bond donors (Lipinski definition) is 1. The van der Waals surface area contributed by atoms with Gasteiger partial charge in [0.1, 0.15) is 12.4 Å². The molecule has 0 saturated carbocycles. The van der Waals surface area contributed by atoms with Crippen LogP contribution in [0.2, 0.25) is 5.02 Å². The normalized spacial score (nSPS) is 15.5. The Hall–Kier alpha value is -4.05. The summed E-state index contributed by atoms with van der Waals surface area (Å²) < 4.78 is 20.4. The van der Waals surface area contributed by atoms with E-state index < -0.39 is 5.92 Å². The lowest BCUT2D eigenvalue weighted by molar-refractivity contribution is -0.126. The van der Waals surface area contributed by atoms with Crippen molar-refractivity contribution in [3.8, 4) is 17.3 Å². The van der Waals surface area contributed by atoms with Crippen molar-refractivity contribution >= 4 is 34.7 Å². The first kappa shape index (κ1) is 22.7. The van der Waals surface area contributed by atoms with Crippen LogP contribution in [0, 0.1) is 11.7 Å². The highest BCUT2D eigenvalue weighted by molar-refractivity contribution is 6.30. The van der Waals surface area contributed by atoms with Crippen molar-refractivity contribution in [1.82, 2.24) is 25.1 Å². The number of ether oxygens (including phenoxy) is 1. The molecule has 2 amide bonds. The molecular formula is C24H20ClFN6O3. The Labute approximate surface area is 204 Å². The standard InChI is InChI=1S/C24H20ClFN6O3/c25-17-3-7-19(8-4-17)31-14-16(13-22(31)33)24(34)27-11-12-35-21-10-9-20-28-29-23(32(20)30-21)15-1-5-18(26)6-2-15/h1-10,16H,11-14H2,(H,27,34). The molecule has 0 spiro atoms. The van der Waals surface area contributed by atoms with Crippen LogP contribution in [0.1, 0.15) is 6.42 Å². The summed E-state index contributed by atoms with van der Waals surface area (Å²) in [6.45, 7) is 0.738. The summed E-state index contributed by atoms with van der Waals surface area (Å²) in [5, 5.41) is 16.0. The van der Waals surface area contributed by atoms with Crippen LogP contribution in [0.3, 0.4) is 0 Å². The molecule has 1 unspecified atom stereocenters. The molecule has 1 fully saturated rings. The SMILES string of the molecule is O=C(NCCOc1ccc2nnc(-c3ccc(F)cc3)n2n1)C1CC(=O)N(c2ccc(Cl)cc2)C1. The first-order valence-electron chi connectivity index (χ1n) is 10.9. The van der Waals surface area contributed by atoms with E-state index in [1.807, 2.05) is 0 Å². The van der Waals surface area contributed by atoms with E-state index in [1.54, 1.807) is 53.4 Å². The van der Waals surface area contributed by atoms with Crippen molar-refractivity contribution in [2.24, 2.45) is 5.92 Å². The Kier molecular flexibility index (Phi) is 6.28. The van der Waals surface area contributed by atoms with Crippen LogP contribution in [0.4, 0.5) is 10.1 Å². The molecule has 1 saturated heterocycles. The fourth-order valence-electron chi connectivity index (χ4n) is 3.86. The van der Waals surface area contributed by atoms with Crippen LogP contribution in [0.15, 0.2) is 60.7 Å². The van der Waals surface area contributed by atoms with Crippen molar-refractivity contribution < 1.29 is 18.7 Å². The van der Waals surface area contributed by atoms with Crippen LogP contribution in [-0.2, 0) is 9.59 Å². The minimum absolute atomic E-state index is 0.105. The average molecular weight is 495 g/mol. The predicted molar refractivity (Wildman–Crippen MR) is 127 cm³/mol. The third-order valence-electron chi connectivity index (χ3n) is 5.63. The third kappa shape index (κ3) is 4.92. The van der Waals surface area contributed by atoms with E-state index in [4.69, 9.17) is 16.3 Å². The second-order valence-corrected chi connectivity index (χ2v) is 8.43. The summed E-state index contributed by atoms with van der Waals surface area (Å²) in [6, 6.07) is 16.2. The Morgan fingerprint density at radius 1 is 1.09 bits per heavy atom. The number of carbonyl (C=O) groups is 2. The van der Waals surface area contributed by atoms with Gasteiger partial charge in [0.2, 0.25) is 17.7 Å². The summed E-state index contributed by atoms with van der Waals surface area (Å²) in [7, 11) is 0. The van der Waals surface area contributed by atoms with Gasteiger partial charge in [-0.1, -0.05) is 11.6 Å². The maximum Gasteiger partial charge on any atom is 0.231 e. The molecule has 11 heteroatoms. The second kappa shape index (κ2) is 9.67. The van der Waals surface area contributed by atoms with Gasteiger partial charge in [0.15, 0.2) is 11.5 Å². The van der Waals surface area contributed by atoms with E-state index in [0.717, 1.165) is 0 Å². The lowest BCUT2D eigenvalue weighted by Gasteiger charge is -2.16. The summed E-state index contributed by atoms with van der Waals surface area (Å²) in [6.07, 6.45) is 0.146. The molecule has 2 aromatic heterocycles. The molecule has 2 aromatic carbocycles. The van der Waals surface area contributed by atoms with Crippen LogP contribution >= 0.6 is 11.6 Å². The molecule has 178 valence electrons. The molecule has 1 aliphatic rings. The van der Waals surface area contributed by atoms with E-state index in [0.29, 0.717) is 40.2 Å². The number of halogens is 2. The maximum atomic E-state index is 13.2. The summed E-state index contributed by atoms with van der Waals surface area (Å²) in [5.41, 5.74) is 1.89. The van der Waals surface area contributed by atoms with Crippen molar-refractivity contribution in [2.45, 2.75) is 6.42 Å². The lowest BCUT2D eigenvalue weighted by Crippen LogP contribution is -2.35. The first-order valence-corrected chi connectivity index (χ1v) is 11.3. The third-order valence-corrected chi connectivity index (χ3v) is 5.88. The number of nitrogens with zero attached hydrogens (tertiary/aromatic N) is 5. The number of carbonyl (C=O) groups excluding carboxylic acids is 2. The van der Waals surface area contributed by atoms with Gasteiger partial charge >= 0.3 is 0 Å². The van der Waals surface area contributed by atoms with Gasteiger partial charge in [-0.3, -0.25) is 9.59 Å². The minimum atomic E-state index is -0.442. The molecule has 0 bridgehead atoms. The van der Waals surface area contributed by atoms with Crippen molar-refractivity contribution in [3.05, 3.63) is 71.5 Å². The Bertz CT molecular complexity index is 1380. The van der Waals surface area contributed by atoms with E-state index in [2.05, 4.69) is 20.6 Å². The number of rotatable bonds is 7. The van der Waals surface area contributed by atoms with Gasteiger partial charge in [-0.15, -0.1) is 15.3 Å². The summed E-state index contributed by atoms with van der Waals surface area (Å²) >= 11 is 5.91. The number of benzene rings is 2. The summed E-state index contributed by atoms with van der Waals surface area (Å²) in [4.78, 5) is 26.5. The molecule has 0 aliphatic carbocycles. The molecule has 35 heavy (non-hydrogen) atoms. The number of hydrogen-bond acceptors (Lipinski definition) is 6. The highest BCUT2D eigenvalue weighted by Gasteiger charge is 2.34. The fraction of sp³-hybridized carbons (Fsp3) is 0.208. The number of anilines is 1. The average Bonchev–Trinajstić information content (AvgIpc) is 3.46. The van der Waals surface area contributed by atoms with Gasteiger partial charge < -0.3 is 15.0 Å². The van der Waals surface area contributed by atoms with Gasteiger partial charge in [0, 0.05) is 35.3 Å². The Balaban J connectivity index is 1.15. The Morgan fingerprint density at radius 2 is 1.86 bits per heavy atom. The van der Waals surface area contributed by atoms with Gasteiger partial charge in [0.25, 0.3) is 0 Å². The van der Waals surface area contributed by atoms with E-state index in [1.165, 1.54) is 16.6 Å². The van der Waals surface area contributed by atoms with Gasteiger partial charge in [0.05, 0.1) is 12.5 Å².